The van der Waals surface area contributed by atoms with Gasteiger partial charge in [-0.05, 0) is 41.9 Å². The number of benzene rings is 1. The van der Waals surface area contributed by atoms with Crippen LogP contribution in [0.3, 0.4) is 0 Å². The highest BCUT2D eigenvalue weighted by Gasteiger charge is 2.11. The molecule has 0 saturated carbocycles. The molecule has 0 fully saturated rings. The van der Waals surface area contributed by atoms with Gasteiger partial charge in [-0.2, -0.15) is 0 Å². The highest BCUT2D eigenvalue weighted by Crippen LogP contribution is 2.29. The van der Waals surface area contributed by atoms with E-state index in [-0.39, 0.29) is 11.5 Å². The van der Waals surface area contributed by atoms with Crippen LogP contribution in [0.2, 0.25) is 0 Å². The Morgan fingerprint density at radius 3 is 2.64 bits per heavy atom. The van der Waals surface area contributed by atoms with Crippen LogP contribution >= 0.6 is 15.9 Å². The van der Waals surface area contributed by atoms with Crippen molar-refractivity contribution in [1.82, 2.24) is 0 Å². The van der Waals surface area contributed by atoms with E-state index in [1.165, 1.54) is 13.0 Å². The van der Waals surface area contributed by atoms with E-state index < -0.39 is 5.82 Å². The van der Waals surface area contributed by atoms with Gasteiger partial charge >= 0.3 is 0 Å². The van der Waals surface area contributed by atoms with Crippen LogP contribution in [-0.4, -0.2) is 12.4 Å². The third-order valence-electron chi connectivity index (χ3n) is 1.69. The first-order valence-corrected chi connectivity index (χ1v) is 4.98. The van der Waals surface area contributed by atoms with Crippen molar-refractivity contribution in [2.45, 2.75) is 13.8 Å². The maximum absolute atomic E-state index is 13.4. The van der Waals surface area contributed by atoms with Crippen molar-refractivity contribution in [3.8, 4) is 5.75 Å². The van der Waals surface area contributed by atoms with E-state index in [1.807, 2.05) is 0 Å². The number of halogens is 2. The normalized spacial score (nSPS) is 10.0. The van der Waals surface area contributed by atoms with Crippen molar-refractivity contribution in [2.24, 2.45) is 0 Å². The lowest BCUT2D eigenvalue weighted by molar-refractivity contribution is 0.101. The molecule has 14 heavy (non-hydrogen) atoms. The summed E-state index contributed by atoms with van der Waals surface area (Å²) in [5, 5.41) is 0. The Kier molecular flexibility index (Phi) is 3.63. The van der Waals surface area contributed by atoms with Gasteiger partial charge in [-0.1, -0.05) is 0 Å². The number of carbonyl (C=O) groups is 1. The van der Waals surface area contributed by atoms with Crippen LogP contribution in [-0.2, 0) is 0 Å². The minimum Gasteiger partial charge on any atom is -0.490 e. The van der Waals surface area contributed by atoms with Gasteiger partial charge in [-0.3, -0.25) is 4.79 Å². The molecule has 2 nitrogen and oxygen atoms in total. The molecule has 0 aliphatic heterocycles. The maximum Gasteiger partial charge on any atom is 0.169 e. The number of ether oxygens (including phenoxy) is 1. The van der Waals surface area contributed by atoms with Gasteiger partial charge in [0, 0.05) is 5.56 Å². The van der Waals surface area contributed by atoms with Crippen molar-refractivity contribution >= 4 is 21.7 Å². The zero-order chi connectivity index (χ0) is 10.7. The SMILES string of the molecule is CCOc1c(F)cc(C(C)=O)cc1Br. The number of carbonyl (C=O) groups excluding carboxylic acids is 1. The van der Waals surface area contributed by atoms with Gasteiger partial charge in [0.1, 0.15) is 0 Å². The van der Waals surface area contributed by atoms with Gasteiger partial charge < -0.3 is 4.74 Å². The molecule has 0 aromatic heterocycles. The van der Waals surface area contributed by atoms with Gasteiger partial charge in [-0.25, -0.2) is 4.39 Å². The topological polar surface area (TPSA) is 26.3 Å². The van der Waals surface area contributed by atoms with E-state index in [0.29, 0.717) is 16.6 Å². The van der Waals surface area contributed by atoms with Gasteiger partial charge in [0.15, 0.2) is 17.3 Å². The number of Topliss-reactive ketones (excluding diaryl/α,β-unsaturated/α-hetero) is 1. The van der Waals surface area contributed by atoms with Gasteiger partial charge in [0.05, 0.1) is 11.1 Å². The molecule has 0 aliphatic carbocycles. The molecule has 4 heteroatoms. The average molecular weight is 261 g/mol. The van der Waals surface area contributed by atoms with Gasteiger partial charge in [0.2, 0.25) is 0 Å². The summed E-state index contributed by atoms with van der Waals surface area (Å²) in [5.74, 6) is -0.545. The fourth-order valence-corrected chi connectivity index (χ4v) is 1.60. The standard InChI is InChI=1S/C10H10BrFO2/c1-3-14-10-8(11)4-7(6(2)13)5-9(10)12/h4-5H,3H2,1-2H3. The second-order valence-electron chi connectivity index (χ2n) is 2.76. The van der Waals surface area contributed by atoms with Crippen LogP contribution < -0.4 is 4.74 Å². The Balaban J connectivity index is 3.18. The zero-order valence-corrected chi connectivity index (χ0v) is 9.52. The van der Waals surface area contributed by atoms with Gasteiger partial charge in [-0.15, -0.1) is 0 Å². The quantitative estimate of drug-likeness (QED) is 0.781. The predicted molar refractivity (Wildman–Crippen MR) is 55.3 cm³/mol. The van der Waals surface area contributed by atoms with Crippen molar-refractivity contribution < 1.29 is 13.9 Å². The molecule has 0 unspecified atom stereocenters. The monoisotopic (exact) mass is 260 g/mol. The molecular weight excluding hydrogens is 251 g/mol. The third kappa shape index (κ3) is 2.32. The molecule has 1 aromatic rings. The molecule has 0 radical (unpaired) electrons. The zero-order valence-electron chi connectivity index (χ0n) is 7.93. The van der Waals surface area contributed by atoms with Crippen LogP contribution in [0.1, 0.15) is 24.2 Å². The summed E-state index contributed by atoms with van der Waals surface area (Å²) >= 11 is 3.15. The van der Waals surface area contributed by atoms with Crippen LogP contribution in [0.25, 0.3) is 0 Å². The summed E-state index contributed by atoms with van der Waals surface area (Å²) in [5.41, 5.74) is 0.331. The molecule has 0 amide bonds. The summed E-state index contributed by atoms with van der Waals surface area (Å²) in [4.78, 5) is 11.0. The summed E-state index contributed by atoms with van der Waals surface area (Å²) in [7, 11) is 0. The molecule has 1 rings (SSSR count). The van der Waals surface area contributed by atoms with Gasteiger partial charge in [0.25, 0.3) is 0 Å². The lowest BCUT2D eigenvalue weighted by atomic mass is 10.1. The fourth-order valence-electron chi connectivity index (χ4n) is 1.05. The summed E-state index contributed by atoms with van der Waals surface area (Å²) in [6.07, 6.45) is 0. The molecule has 0 N–H and O–H groups in total. The predicted octanol–water partition coefficient (Wildman–Crippen LogP) is 3.19. The van der Waals surface area contributed by atoms with E-state index in [1.54, 1.807) is 13.0 Å². The number of rotatable bonds is 3. The van der Waals surface area contributed by atoms with E-state index in [2.05, 4.69) is 15.9 Å². The first-order valence-electron chi connectivity index (χ1n) is 4.19. The van der Waals surface area contributed by atoms with Crippen LogP contribution in [0.4, 0.5) is 4.39 Å². The Labute approximate surface area is 90.2 Å². The molecule has 0 spiro atoms. The molecular formula is C10H10BrFO2. The second kappa shape index (κ2) is 4.55. The lowest BCUT2D eigenvalue weighted by Crippen LogP contribution is -1.99. The largest absolute Gasteiger partial charge is 0.490 e. The Hall–Kier alpha value is -0.900. The molecule has 0 bridgehead atoms. The molecule has 1 aromatic carbocycles. The van der Waals surface area contributed by atoms with E-state index in [4.69, 9.17) is 4.74 Å². The summed E-state index contributed by atoms with van der Waals surface area (Å²) < 4.78 is 18.9. The minimum atomic E-state index is -0.522. The van der Waals surface area contributed by atoms with E-state index >= 15 is 0 Å². The van der Waals surface area contributed by atoms with E-state index in [0.717, 1.165) is 0 Å². The first-order chi connectivity index (χ1) is 6.56. The molecule has 0 heterocycles. The molecule has 0 atom stereocenters. The van der Waals surface area contributed by atoms with Crippen molar-refractivity contribution in [2.75, 3.05) is 6.61 Å². The average Bonchev–Trinajstić information content (AvgIpc) is 2.10. The smallest absolute Gasteiger partial charge is 0.169 e. The molecule has 0 aliphatic rings. The molecule has 0 saturated heterocycles. The van der Waals surface area contributed by atoms with Crippen molar-refractivity contribution in [3.63, 3.8) is 0 Å². The number of ketones is 1. The number of hydrogen-bond donors (Lipinski definition) is 0. The minimum absolute atomic E-state index is 0.150. The third-order valence-corrected chi connectivity index (χ3v) is 2.28. The summed E-state index contributed by atoms with van der Waals surface area (Å²) in [6.45, 7) is 3.54. The molecule has 76 valence electrons. The Morgan fingerprint density at radius 1 is 1.57 bits per heavy atom. The van der Waals surface area contributed by atoms with Crippen molar-refractivity contribution in [3.05, 3.63) is 28.0 Å². The number of hydrogen-bond acceptors (Lipinski definition) is 2. The Bertz CT molecular complexity index is 340. The highest BCUT2D eigenvalue weighted by atomic mass is 79.9. The first kappa shape index (κ1) is 11.2. The fraction of sp³-hybridized carbons (Fsp3) is 0.300. The summed E-state index contributed by atoms with van der Waals surface area (Å²) in [6, 6.07) is 2.73. The maximum atomic E-state index is 13.4. The van der Waals surface area contributed by atoms with Crippen LogP contribution in [0.15, 0.2) is 16.6 Å². The highest BCUT2D eigenvalue weighted by molar-refractivity contribution is 9.10. The van der Waals surface area contributed by atoms with E-state index in [9.17, 15) is 9.18 Å². The van der Waals surface area contributed by atoms with Crippen LogP contribution in [0, 0.1) is 5.82 Å². The second-order valence-corrected chi connectivity index (χ2v) is 3.61. The lowest BCUT2D eigenvalue weighted by Gasteiger charge is -2.08. The van der Waals surface area contributed by atoms with Crippen LogP contribution in [0.5, 0.6) is 5.75 Å². The van der Waals surface area contributed by atoms with Crippen molar-refractivity contribution in [1.29, 1.82) is 0 Å². The Morgan fingerprint density at radius 2 is 2.21 bits per heavy atom.